The average molecular weight is 580 g/mol. The van der Waals surface area contributed by atoms with Crippen LogP contribution in [0.3, 0.4) is 0 Å². The molecule has 12 heteroatoms. The summed E-state index contributed by atoms with van der Waals surface area (Å²) in [6.45, 7) is 3.52. The Bertz CT molecular complexity index is 1530. The fraction of sp³-hybridized carbons (Fsp3) is 0.276. The number of nitrogens with one attached hydrogen (secondary N) is 2. The molecule has 0 atom stereocenters. The molecule has 0 fully saturated rings. The van der Waals surface area contributed by atoms with Crippen LogP contribution in [0.4, 0.5) is 5.00 Å². The van der Waals surface area contributed by atoms with Crippen molar-refractivity contribution in [2.45, 2.75) is 33.1 Å². The summed E-state index contributed by atoms with van der Waals surface area (Å²) in [5, 5.41) is 6.84. The van der Waals surface area contributed by atoms with E-state index in [-0.39, 0.29) is 23.1 Å². The highest BCUT2D eigenvalue weighted by Gasteiger charge is 2.29. The van der Waals surface area contributed by atoms with Gasteiger partial charge >= 0.3 is 23.8 Å². The minimum absolute atomic E-state index is 0.181. The quantitative estimate of drug-likeness (QED) is 0.127. The van der Waals surface area contributed by atoms with E-state index in [0.717, 1.165) is 23.3 Å². The standard InChI is InChI=1S/C29H29N3O8S/c1-5-39-29(36)24-20-10-7-11-23(20)41-27(24)30-25(33)26(34)32-31-16(2)17-12-13-21(22(15-17)38-4)40-28(35)18-8-6-9-19(14-18)37-3/h6,8-9,12-15H,5,7,10-11H2,1-4H3,(H,30,33)(H,32,34)/b31-16+. The lowest BCUT2D eigenvalue weighted by Gasteiger charge is -2.11. The second-order valence-electron chi connectivity index (χ2n) is 8.86. The first kappa shape index (κ1) is 29.3. The number of fused-ring (bicyclic) bond motifs is 1. The number of carbonyl (C=O) groups is 4. The Morgan fingerprint density at radius 1 is 0.927 bits per heavy atom. The largest absolute Gasteiger partial charge is 0.497 e. The molecule has 1 aliphatic rings. The van der Waals surface area contributed by atoms with E-state index in [2.05, 4.69) is 15.8 Å². The van der Waals surface area contributed by atoms with Crippen LogP contribution >= 0.6 is 11.3 Å². The summed E-state index contributed by atoms with van der Waals surface area (Å²) in [4.78, 5) is 51.2. The molecule has 11 nitrogen and oxygen atoms in total. The highest BCUT2D eigenvalue weighted by atomic mass is 32.1. The third-order valence-corrected chi connectivity index (χ3v) is 7.46. The molecule has 1 aromatic heterocycles. The van der Waals surface area contributed by atoms with Crippen LogP contribution in [0.1, 0.15) is 57.0 Å². The lowest BCUT2D eigenvalue weighted by atomic mass is 10.1. The number of rotatable bonds is 9. The Labute approximate surface area is 240 Å². The third-order valence-electron chi connectivity index (χ3n) is 6.25. The molecule has 2 N–H and O–H groups in total. The molecular weight excluding hydrogens is 550 g/mol. The predicted octanol–water partition coefficient (Wildman–Crippen LogP) is 4.13. The van der Waals surface area contributed by atoms with Crippen molar-refractivity contribution in [3.05, 3.63) is 69.6 Å². The van der Waals surface area contributed by atoms with Gasteiger partial charge in [0.25, 0.3) is 0 Å². The summed E-state index contributed by atoms with van der Waals surface area (Å²) in [5.41, 5.74) is 4.61. The number of hydrazone groups is 1. The topological polar surface area (TPSA) is 142 Å². The van der Waals surface area contributed by atoms with Crippen LogP contribution in [-0.4, -0.2) is 50.3 Å². The van der Waals surface area contributed by atoms with Crippen LogP contribution in [0.25, 0.3) is 0 Å². The van der Waals surface area contributed by atoms with Crippen molar-refractivity contribution in [2.75, 3.05) is 26.1 Å². The first-order valence-corrected chi connectivity index (χ1v) is 13.6. The Balaban J connectivity index is 1.42. The number of thiophene rings is 1. The van der Waals surface area contributed by atoms with Crippen LogP contribution in [0, 0.1) is 0 Å². The number of anilines is 1. The smallest absolute Gasteiger partial charge is 0.343 e. The maximum Gasteiger partial charge on any atom is 0.343 e. The van der Waals surface area contributed by atoms with Crippen LogP contribution in [-0.2, 0) is 27.2 Å². The van der Waals surface area contributed by atoms with Gasteiger partial charge in [-0.15, -0.1) is 11.3 Å². The fourth-order valence-electron chi connectivity index (χ4n) is 4.21. The maximum atomic E-state index is 12.6. The molecule has 2 aromatic carbocycles. The van der Waals surface area contributed by atoms with Crippen molar-refractivity contribution < 1.29 is 38.1 Å². The van der Waals surface area contributed by atoms with E-state index >= 15 is 0 Å². The lowest BCUT2D eigenvalue weighted by molar-refractivity contribution is -0.136. The Morgan fingerprint density at radius 2 is 1.73 bits per heavy atom. The van der Waals surface area contributed by atoms with Gasteiger partial charge in [-0.2, -0.15) is 5.10 Å². The van der Waals surface area contributed by atoms with E-state index in [0.29, 0.717) is 34.6 Å². The van der Waals surface area contributed by atoms with Gasteiger partial charge in [-0.25, -0.2) is 15.0 Å². The SMILES string of the molecule is CCOC(=O)c1c(NC(=O)C(=O)N/N=C(\C)c2ccc(OC(=O)c3cccc(OC)c3)c(OC)c2)sc2c1CCC2. The number of aryl methyl sites for hydroxylation is 1. The van der Waals surface area contributed by atoms with Crippen molar-refractivity contribution in [2.24, 2.45) is 5.10 Å². The molecule has 0 saturated carbocycles. The fourth-order valence-corrected chi connectivity index (χ4v) is 5.48. The molecule has 0 spiro atoms. The molecule has 41 heavy (non-hydrogen) atoms. The van der Waals surface area contributed by atoms with E-state index in [1.807, 2.05) is 0 Å². The van der Waals surface area contributed by atoms with Crippen molar-refractivity contribution >= 4 is 45.8 Å². The number of methoxy groups -OCH3 is 2. The van der Waals surface area contributed by atoms with Crippen molar-refractivity contribution in [1.29, 1.82) is 0 Å². The van der Waals surface area contributed by atoms with E-state index in [1.54, 1.807) is 50.2 Å². The molecule has 4 rings (SSSR count). The van der Waals surface area contributed by atoms with Crippen LogP contribution < -0.4 is 25.0 Å². The summed E-state index contributed by atoms with van der Waals surface area (Å²) in [7, 11) is 2.92. The molecule has 3 aromatic rings. The summed E-state index contributed by atoms with van der Waals surface area (Å²) in [6, 6.07) is 11.3. The van der Waals surface area contributed by atoms with Gasteiger partial charge < -0.3 is 24.3 Å². The van der Waals surface area contributed by atoms with Gasteiger partial charge in [0.1, 0.15) is 10.8 Å². The normalized spacial score (nSPS) is 12.2. The Hall–Kier alpha value is -4.71. The maximum absolute atomic E-state index is 12.6. The molecule has 2 amide bonds. The molecule has 214 valence electrons. The van der Waals surface area contributed by atoms with E-state index in [4.69, 9.17) is 18.9 Å². The highest BCUT2D eigenvalue weighted by Crippen LogP contribution is 2.39. The van der Waals surface area contributed by atoms with Crippen molar-refractivity contribution in [3.8, 4) is 17.2 Å². The van der Waals surface area contributed by atoms with Gasteiger partial charge in [-0.3, -0.25) is 9.59 Å². The number of carbonyl (C=O) groups excluding carboxylic acids is 4. The zero-order valence-electron chi connectivity index (χ0n) is 23.0. The number of nitrogens with zero attached hydrogens (tertiary/aromatic N) is 1. The minimum atomic E-state index is -1.01. The van der Waals surface area contributed by atoms with Gasteiger partial charge in [-0.1, -0.05) is 6.07 Å². The molecule has 1 heterocycles. The third kappa shape index (κ3) is 6.72. The van der Waals surface area contributed by atoms with Gasteiger partial charge in [0.15, 0.2) is 11.5 Å². The zero-order valence-corrected chi connectivity index (χ0v) is 23.8. The summed E-state index contributed by atoms with van der Waals surface area (Å²) < 4.78 is 21.2. The van der Waals surface area contributed by atoms with Gasteiger partial charge in [-0.05, 0) is 75.1 Å². The molecular formula is C29H29N3O8S. The van der Waals surface area contributed by atoms with E-state index in [1.165, 1.54) is 31.6 Å². The second kappa shape index (κ2) is 13.1. The number of ether oxygens (including phenoxy) is 4. The zero-order chi connectivity index (χ0) is 29.5. The number of esters is 2. The molecule has 0 saturated heterocycles. The highest BCUT2D eigenvalue weighted by molar-refractivity contribution is 7.17. The average Bonchev–Trinajstić information content (AvgIpc) is 3.56. The lowest BCUT2D eigenvalue weighted by Crippen LogP contribution is -2.33. The Morgan fingerprint density at radius 3 is 2.46 bits per heavy atom. The molecule has 0 radical (unpaired) electrons. The van der Waals surface area contributed by atoms with Gasteiger partial charge in [0.2, 0.25) is 0 Å². The van der Waals surface area contributed by atoms with Crippen LogP contribution in [0.2, 0.25) is 0 Å². The number of amides is 2. The molecule has 0 bridgehead atoms. The Kier molecular flexibility index (Phi) is 9.35. The van der Waals surface area contributed by atoms with Crippen molar-refractivity contribution in [3.63, 3.8) is 0 Å². The van der Waals surface area contributed by atoms with Crippen molar-refractivity contribution in [1.82, 2.24) is 5.43 Å². The number of hydrogen-bond donors (Lipinski definition) is 2. The minimum Gasteiger partial charge on any atom is -0.497 e. The molecule has 1 aliphatic carbocycles. The van der Waals surface area contributed by atoms with Crippen LogP contribution in [0.15, 0.2) is 47.6 Å². The number of benzene rings is 2. The monoisotopic (exact) mass is 579 g/mol. The first-order valence-electron chi connectivity index (χ1n) is 12.8. The van der Waals surface area contributed by atoms with Gasteiger partial charge in [0.05, 0.1) is 37.7 Å². The molecule has 0 unspecified atom stereocenters. The molecule has 0 aliphatic heterocycles. The second-order valence-corrected chi connectivity index (χ2v) is 9.97. The predicted molar refractivity (Wildman–Crippen MR) is 152 cm³/mol. The summed E-state index contributed by atoms with van der Waals surface area (Å²) in [6.07, 6.45) is 2.45. The summed E-state index contributed by atoms with van der Waals surface area (Å²) >= 11 is 1.28. The van der Waals surface area contributed by atoms with Crippen LogP contribution in [0.5, 0.6) is 17.2 Å². The number of hydrogen-bond acceptors (Lipinski definition) is 10. The van der Waals surface area contributed by atoms with E-state index < -0.39 is 23.8 Å². The first-order chi connectivity index (χ1) is 19.7. The van der Waals surface area contributed by atoms with E-state index in [9.17, 15) is 19.2 Å². The van der Waals surface area contributed by atoms with Gasteiger partial charge in [0, 0.05) is 10.4 Å². The summed E-state index contributed by atoms with van der Waals surface area (Å²) in [5.74, 6) is -2.14.